The number of hydrogen-bond acceptors (Lipinski definition) is 3. The largest absolute Gasteiger partial charge is 0.329 e. The SMILES string of the molecule is CN1C(=O)N(Cc2ccccc2)C2(C(=O)N(Cc3ccccc3)C(=O)N2C)c2ccccc21. The average Bonchev–Trinajstić information content (AvgIpc) is 3.03. The molecule has 33 heavy (non-hydrogen) atoms. The molecule has 1 atom stereocenters. The summed E-state index contributed by atoms with van der Waals surface area (Å²) in [5.41, 5.74) is 1.36. The van der Waals surface area contributed by atoms with Crippen molar-refractivity contribution < 1.29 is 14.4 Å². The third-order valence-electron chi connectivity index (χ3n) is 6.46. The standard InChI is InChI=1S/C26H24N4O3/c1-27-22-16-10-9-15-21(22)26(30(24(27)32)18-20-13-7-4-8-14-20)23(31)29(25(33)28(26)2)17-19-11-5-3-6-12-19/h3-16H,17-18H2,1-2H3. The molecule has 0 bridgehead atoms. The van der Waals surface area contributed by atoms with E-state index < -0.39 is 17.6 Å². The molecule has 3 aromatic carbocycles. The van der Waals surface area contributed by atoms with Gasteiger partial charge in [-0.15, -0.1) is 0 Å². The quantitative estimate of drug-likeness (QED) is 0.576. The summed E-state index contributed by atoms with van der Waals surface area (Å²) in [6.45, 7) is 0.316. The van der Waals surface area contributed by atoms with E-state index in [1.807, 2.05) is 78.9 Å². The molecule has 0 aromatic heterocycles. The zero-order valence-corrected chi connectivity index (χ0v) is 18.5. The van der Waals surface area contributed by atoms with Crippen molar-refractivity contribution >= 4 is 23.7 Å². The Morgan fingerprint density at radius 3 is 1.85 bits per heavy atom. The molecule has 5 rings (SSSR count). The Morgan fingerprint density at radius 1 is 0.667 bits per heavy atom. The van der Waals surface area contributed by atoms with Gasteiger partial charge in [-0.05, 0) is 17.2 Å². The van der Waals surface area contributed by atoms with Crippen LogP contribution >= 0.6 is 0 Å². The van der Waals surface area contributed by atoms with Gasteiger partial charge in [0, 0.05) is 19.7 Å². The van der Waals surface area contributed by atoms with Crippen molar-refractivity contribution in [3.05, 3.63) is 102 Å². The minimum atomic E-state index is -1.57. The predicted molar refractivity (Wildman–Crippen MR) is 124 cm³/mol. The monoisotopic (exact) mass is 440 g/mol. The lowest BCUT2D eigenvalue weighted by Crippen LogP contribution is -2.65. The first-order valence-corrected chi connectivity index (χ1v) is 10.8. The second-order valence-electron chi connectivity index (χ2n) is 8.32. The van der Waals surface area contributed by atoms with Gasteiger partial charge >= 0.3 is 12.1 Å². The van der Waals surface area contributed by atoms with Gasteiger partial charge in [-0.1, -0.05) is 78.9 Å². The second-order valence-corrected chi connectivity index (χ2v) is 8.32. The van der Waals surface area contributed by atoms with Crippen molar-refractivity contribution in [3.8, 4) is 0 Å². The van der Waals surface area contributed by atoms with Crippen LogP contribution < -0.4 is 4.90 Å². The molecule has 0 aliphatic carbocycles. The van der Waals surface area contributed by atoms with Crippen LogP contribution in [0.4, 0.5) is 15.3 Å². The molecule has 0 radical (unpaired) electrons. The van der Waals surface area contributed by atoms with Crippen molar-refractivity contribution in [1.82, 2.24) is 14.7 Å². The number of likely N-dealkylation sites (N-methyl/N-ethyl adjacent to an activating group) is 1. The topological polar surface area (TPSA) is 64.2 Å². The van der Waals surface area contributed by atoms with E-state index in [2.05, 4.69) is 0 Å². The highest BCUT2D eigenvalue weighted by Gasteiger charge is 2.64. The van der Waals surface area contributed by atoms with Gasteiger partial charge in [0.25, 0.3) is 5.91 Å². The zero-order chi connectivity index (χ0) is 23.2. The molecule has 2 heterocycles. The number of nitrogens with zero attached hydrogens (tertiary/aromatic N) is 4. The van der Waals surface area contributed by atoms with Gasteiger partial charge in [-0.3, -0.25) is 24.4 Å². The number of amides is 5. The Morgan fingerprint density at radius 2 is 1.21 bits per heavy atom. The van der Waals surface area contributed by atoms with E-state index in [1.165, 1.54) is 19.6 Å². The summed E-state index contributed by atoms with van der Waals surface area (Å²) >= 11 is 0. The summed E-state index contributed by atoms with van der Waals surface area (Å²) in [6.07, 6.45) is 0. The van der Waals surface area contributed by atoms with Crippen LogP contribution in [0.15, 0.2) is 84.9 Å². The second kappa shape index (κ2) is 7.78. The minimum absolute atomic E-state index is 0.135. The van der Waals surface area contributed by atoms with Crippen LogP contribution in [-0.4, -0.2) is 46.8 Å². The molecule has 2 aliphatic rings. The van der Waals surface area contributed by atoms with Crippen molar-refractivity contribution in [2.45, 2.75) is 18.8 Å². The predicted octanol–water partition coefficient (Wildman–Crippen LogP) is 4.01. The summed E-state index contributed by atoms with van der Waals surface area (Å²) in [5.74, 6) is -0.427. The van der Waals surface area contributed by atoms with E-state index in [4.69, 9.17) is 0 Å². The Labute approximate surface area is 192 Å². The van der Waals surface area contributed by atoms with Crippen LogP contribution in [0.25, 0.3) is 0 Å². The van der Waals surface area contributed by atoms with E-state index in [-0.39, 0.29) is 19.1 Å². The number of carbonyl (C=O) groups is 3. The van der Waals surface area contributed by atoms with Crippen LogP contribution in [0.3, 0.4) is 0 Å². The number of carbonyl (C=O) groups excluding carboxylic acids is 3. The molecule has 2 aliphatic heterocycles. The Kier molecular flexibility index (Phi) is 4.89. The first-order chi connectivity index (χ1) is 16.0. The number of fused-ring (bicyclic) bond motifs is 2. The van der Waals surface area contributed by atoms with Crippen molar-refractivity contribution in [1.29, 1.82) is 0 Å². The van der Waals surface area contributed by atoms with E-state index >= 15 is 0 Å². The lowest BCUT2D eigenvalue weighted by molar-refractivity contribution is -0.142. The molecule has 1 spiro atoms. The maximum absolute atomic E-state index is 14.2. The normalized spacial score (nSPS) is 20.1. The van der Waals surface area contributed by atoms with E-state index in [1.54, 1.807) is 20.2 Å². The molecule has 3 aromatic rings. The van der Waals surface area contributed by atoms with Crippen LogP contribution in [0.5, 0.6) is 0 Å². The number of rotatable bonds is 4. The van der Waals surface area contributed by atoms with Gasteiger partial charge in [0.15, 0.2) is 0 Å². The maximum atomic E-state index is 14.2. The first-order valence-electron chi connectivity index (χ1n) is 10.8. The highest BCUT2D eigenvalue weighted by molar-refractivity contribution is 6.12. The van der Waals surface area contributed by atoms with Crippen LogP contribution in [0, 0.1) is 0 Å². The molecule has 7 nitrogen and oxygen atoms in total. The number of imide groups is 1. The Hall–Kier alpha value is -4.13. The summed E-state index contributed by atoms with van der Waals surface area (Å²) in [7, 11) is 3.29. The number of urea groups is 2. The molecule has 1 unspecified atom stereocenters. The third-order valence-corrected chi connectivity index (χ3v) is 6.46. The fraction of sp³-hybridized carbons (Fsp3) is 0.192. The summed E-state index contributed by atoms with van der Waals surface area (Å²) in [5, 5.41) is 0. The number of anilines is 1. The molecule has 166 valence electrons. The number of hydrogen-bond donors (Lipinski definition) is 0. The lowest BCUT2D eigenvalue weighted by atomic mass is 9.90. The minimum Gasteiger partial charge on any atom is -0.297 e. The van der Waals surface area contributed by atoms with Crippen LogP contribution in [0.2, 0.25) is 0 Å². The first kappa shape index (κ1) is 20.8. The molecule has 1 saturated heterocycles. The molecule has 0 saturated carbocycles. The number of benzene rings is 3. The van der Waals surface area contributed by atoms with E-state index in [9.17, 15) is 14.4 Å². The molecular formula is C26H24N4O3. The van der Waals surface area contributed by atoms with Gasteiger partial charge in [0.1, 0.15) is 0 Å². The molecular weight excluding hydrogens is 416 g/mol. The van der Waals surface area contributed by atoms with Crippen molar-refractivity contribution in [2.24, 2.45) is 0 Å². The Bertz CT molecular complexity index is 1230. The van der Waals surface area contributed by atoms with Crippen molar-refractivity contribution in [2.75, 3.05) is 19.0 Å². The lowest BCUT2D eigenvalue weighted by Gasteiger charge is -2.49. The Balaban J connectivity index is 1.68. The maximum Gasteiger partial charge on any atom is 0.329 e. The van der Waals surface area contributed by atoms with Gasteiger partial charge < -0.3 is 0 Å². The third kappa shape index (κ3) is 3.00. The summed E-state index contributed by atoms with van der Waals surface area (Å²) in [6, 6.07) is 25.4. The molecule has 1 fully saturated rings. The fourth-order valence-corrected chi connectivity index (χ4v) is 4.81. The zero-order valence-electron chi connectivity index (χ0n) is 18.5. The van der Waals surface area contributed by atoms with Crippen LogP contribution in [0.1, 0.15) is 16.7 Å². The van der Waals surface area contributed by atoms with E-state index in [0.717, 1.165) is 11.1 Å². The van der Waals surface area contributed by atoms with E-state index in [0.29, 0.717) is 11.3 Å². The molecule has 7 heteroatoms. The van der Waals surface area contributed by atoms with Gasteiger partial charge in [0.2, 0.25) is 5.66 Å². The molecule has 5 amide bonds. The number of para-hydroxylation sites is 1. The van der Waals surface area contributed by atoms with Gasteiger partial charge in [-0.25, -0.2) is 9.59 Å². The summed E-state index contributed by atoms with van der Waals surface area (Å²) in [4.78, 5) is 47.0. The van der Waals surface area contributed by atoms with Crippen LogP contribution in [-0.2, 0) is 23.5 Å². The summed E-state index contributed by atoms with van der Waals surface area (Å²) < 4.78 is 0. The van der Waals surface area contributed by atoms with Gasteiger partial charge in [-0.2, -0.15) is 0 Å². The average molecular weight is 441 g/mol. The smallest absolute Gasteiger partial charge is 0.297 e. The highest BCUT2D eigenvalue weighted by atomic mass is 16.2. The molecule has 0 N–H and O–H groups in total. The fourth-order valence-electron chi connectivity index (χ4n) is 4.81. The highest BCUT2D eigenvalue weighted by Crippen LogP contribution is 2.48. The van der Waals surface area contributed by atoms with Crippen molar-refractivity contribution in [3.63, 3.8) is 0 Å². The van der Waals surface area contributed by atoms with Gasteiger partial charge in [0.05, 0.1) is 18.8 Å².